The SMILES string of the molecule is N/C(=N/O)C1CCN(Cc2cn3ccsc3n2)CC1. The van der Waals surface area contributed by atoms with Crippen LogP contribution < -0.4 is 5.73 Å². The summed E-state index contributed by atoms with van der Waals surface area (Å²) in [5, 5.41) is 13.8. The van der Waals surface area contributed by atoms with Crippen LogP contribution >= 0.6 is 11.3 Å². The van der Waals surface area contributed by atoms with Gasteiger partial charge in [-0.3, -0.25) is 9.30 Å². The fourth-order valence-electron chi connectivity index (χ4n) is 2.55. The van der Waals surface area contributed by atoms with Crippen LogP contribution in [-0.2, 0) is 6.54 Å². The molecule has 1 aliphatic rings. The number of thiazole rings is 1. The van der Waals surface area contributed by atoms with E-state index in [9.17, 15) is 0 Å². The number of oxime groups is 1. The highest BCUT2D eigenvalue weighted by atomic mass is 32.1. The van der Waals surface area contributed by atoms with Crippen LogP contribution in [0.25, 0.3) is 4.96 Å². The van der Waals surface area contributed by atoms with Crippen LogP contribution in [0.5, 0.6) is 0 Å². The van der Waals surface area contributed by atoms with Gasteiger partial charge >= 0.3 is 0 Å². The number of hydrogen-bond donors (Lipinski definition) is 2. The third-order valence-corrected chi connectivity index (χ3v) is 4.42. The van der Waals surface area contributed by atoms with Gasteiger partial charge in [0.05, 0.1) is 5.69 Å². The number of fused-ring (bicyclic) bond motifs is 1. The van der Waals surface area contributed by atoms with Crippen molar-refractivity contribution in [3.05, 3.63) is 23.5 Å². The lowest BCUT2D eigenvalue weighted by molar-refractivity contribution is 0.197. The zero-order valence-corrected chi connectivity index (χ0v) is 11.4. The van der Waals surface area contributed by atoms with E-state index in [0.717, 1.165) is 43.1 Å². The van der Waals surface area contributed by atoms with Crippen molar-refractivity contribution in [1.29, 1.82) is 0 Å². The molecule has 0 bridgehead atoms. The predicted molar refractivity (Wildman–Crippen MR) is 74.5 cm³/mol. The monoisotopic (exact) mass is 279 g/mol. The number of imidazole rings is 1. The maximum atomic E-state index is 8.68. The fourth-order valence-corrected chi connectivity index (χ4v) is 3.27. The molecular formula is C12H17N5OS. The van der Waals surface area contributed by atoms with Gasteiger partial charge in [-0.1, -0.05) is 5.16 Å². The molecule has 0 atom stereocenters. The van der Waals surface area contributed by atoms with E-state index in [1.165, 1.54) is 0 Å². The molecule has 0 spiro atoms. The second-order valence-electron chi connectivity index (χ2n) is 4.90. The Morgan fingerprint density at radius 2 is 2.32 bits per heavy atom. The number of aromatic nitrogens is 2. The molecule has 102 valence electrons. The number of nitrogens with zero attached hydrogens (tertiary/aromatic N) is 4. The molecule has 1 fully saturated rings. The Morgan fingerprint density at radius 3 is 3.00 bits per heavy atom. The summed E-state index contributed by atoms with van der Waals surface area (Å²) in [7, 11) is 0. The lowest BCUT2D eigenvalue weighted by Gasteiger charge is -2.30. The van der Waals surface area contributed by atoms with E-state index in [1.807, 2.05) is 11.6 Å². The standard InChI is InChI=1S/C12H17N5OS/c13-11(15-18)9-1-3-16(4-2-9)7-10-8-17-5-6-19-12(17)14-10/h5-6,8-9,18H,1-4,7H2,(H2,13,15). The number of piperidine rings is 1. The number of amidine groups is 1. The van der Waals surface area contributed by atoms with Crippen molar-refractivity contribution in [2.45, 2.75) is 19.4 Å². The van der Waals surface area contributed by atoms with Gasteiger partial charge in [0.15, 0.2) is 4.96 Å². The first-order valence-electron chi connectivity index (χ1n) is 6.37. The molecule has 2 aromatic rings. The average molecular weight is 279 g/mol. The quantitative estimate of drug-likeness (QED) is 0.385. The number of nitrogens with two attached hydrogens (primary N) is 1. The van der Waals surface area contributed by atoms with Crippen molar-refractivity contribution >= 4 is 22.1 Å². The first-order chi connectivity index (χ1) is 9.26. The number of hydrogen-bond acceptors (Lipinski definition) is 5. The molecule has 19 heavy (non-hydrogen) atoms. The van der Waals surface area contributed by atoms with Gasteiger partial charge in [0.1, 0.15) is 5.84 Å². The molecule has 0 radical (unpaired) electrons. The summed E-state index contributed by atoms with van der Waals surface area (Å²) in [6.45, 7) is 2.80. The molecule has 0 saturated carbocycles. The zero-order valence-electron chi connectivity index (χ0n) is 10.6. The normalized spacial score (nSPS) is 19.3. The molecule has 1 aliphatic heterocycles. The van der Waals surface area contributed by atoms with E-state index in [4.69, 9.17) is 10.9 Å². The van der Waals surface area contributed by atoms with E-state index in [-0.39, 0.29) is 5.92 Å². The molecule has 0 amide bonds. The summed E-state index contributed by atoms with van der Waals surface area (Å²) in [5.74, 6) is 0.578. The Bertz CT molecular complexity index is 553. The summed E-state index contributed by atoms with van der Waals surface area (Å²) in [4.78, 5) is 8.00. The van der Waals surface area contributed by atoms with E-state index in [1.54, 1.807) is 11.3 Å². The van der Waals surface area contributed by atoms with Crippen molar-refractivity contribution in [2.24, 2.45) is 16.8 Å². The van der Waals surface area contributed by atoms with E-state index in [2.05, 4.69) is 25.6 Å². The van der Waals surface area contributed by atoms with Crippen LogP contribution in [0.1, 0.15) is 18.5 Å². The van der Waals surface area contributed by atoms with Crippen LogP contribution in [0.15, 0.2) is 22.9 Å². The lowest BCUT2D eigenvalue weighted by Crippen LogP contribution is -2.38. The van der Waals surface area contributed by atoms with Gasteiger partial charge in [0.25, 0.3) is 0 Å². The van der Waals surface area contributed by atoms with Crippen molar-refractivity contribution in [3.8, 4) is 0 Å². The summed E-state index contributed by atoms with van der Waals surface area (Å²) >= 11 is 1.65. The zero-order chi connectivity index (χ0) is 13.2. The summed E-state index contributed by atoms with van der Waals surface area (Å²) < 4.78 is 2.06. The van der Waals surface area contributed by atoms with Crippen molar-refractivity contribution in [3.63, 3.8) is 0 Å². The van der Waals surface area contributed by atoms with Crippen LogP contribution in [0.2, 0.25) is 0 Å². The Hall–Kier alpha value is -1.60. The number of rotatable bonds is 3. The van der Waals surface area contributed by atoms with Crippen molar-refractivity contribution in [1.82, 2.24) is 14.3 Å². The van der Waals surface area contributed by atoms with Crippen LogP contribution in [0.4, 0.5) is 0 Å². The van der Waals surface area contributed by atoms with Crippen LogP contribution in [0.3, 0.4) is 0 Å². The molecule has 0 aromatic carbocycles. The van der Waals surface area contributed by atoms with Gasteiger partial charge < -0.3 is 10.9 Å². The summed E-state index contributed by atoms with van der Waals surface area (Å²) in [5.41, 5.74) is 6.76. The van der Waals surface area contributed by atoms with E-state index >= 15 is 0 Å². The maximum absolute atomic E-state index is 8.68. The second-order valence-corrected chi connectivity index (χ2v) is 5.77. The smallest absolute Gasteiger partial charge is 0.193 e. The molecule has 3 heterocycles. The molecule has 0 aliphatic carbocycles. The maximum Gasteiger partial charge on any atom is 0.193 e. The highest BCUT2D eigenvalue weighted by Gasteiger charge is 2.22. The van der Waals surface area contributed by atoms with Gasteiger partial charge in [0.2, 0.25) is 0 Å². The molecule has 2 aromatic heterocycles. The van der Waals surface area contributed by atoms with Gasteiger partial charge in [-0.2, -0.15) is 0 Å². The first-order valence-corrected chi connectivity index (χ1v) is 7.25. The van der Waals surface area contributed by atoms with Crippen molar-refractivity contribution < 1.29 is 5.21 Å². The largest absolute Gasteiger partial charge is 0.409 e. The predicted octanol–water partition coefficient (Wildman–Crippen LogP) is 1.35. The Kier molecular flexibility index (Phi) is 3.39. The first kappa shape index (κ1) is 12.4. The molecule has 1 saturated heterocycles. The second kappa shape index (κ2) is 5.18. The molecule has 7 heteroatoms. The van der Waals surface area contributed by atoms with Crippen LogP contribution in [-0.4, -0.2) is 38.4 Å². The lowest BCUT2D eigenvalue weighted by atomic mass is 9.96. The minimum absolute atomic E-state index is 0.215. The molecule has 6 nitrogen and oxygen atoms in total. The minimum Gasteiger partial charge on any atom is -0.409 e. The summed E-state index contributed by atoms with van der Waals surface area (Å²) in [6.07, 6.45) is 6.00. The molecular weight excluding hydrogens is 262 g/mol. The topological polar surface area (TPSA) is 79.2 Å². The molecule has 3 N–H and O–H groups in total. The van der Waals surface area contributed by atoms with Crippen molar-refractivity contribution in [2.75, 3.05) is 13.1 Å². The van der Waals surface area contributed by atoms with Gasteiger partial charge in [-0.05, 0) is 25.9 Å². The third kappa shape index (κ3) is 2.57. The molecule has 3 rings (SSSR count). The van der Waals surface area contributed by atoms with Gasteiger partial charge in [-0.25, -0.2) is 4.98 Å². The highest BCUT2D eigenvalue weighted by Crippen LogP contribution is 2.19. The van der Waals surface area contributed by atoms with E-state index < -0.39 is 0 Å². The third-order valence-electron chi connectivity index (χ3n) is 3.65. The fraction of sp³-hybridized carbons (Fsp3) is 0.500. The Balaban J connectivity index is 1.59. The number of likely N-dealkylation sites (tertiary alicyclic amines) is 1. The van der Waals surface area contributed by atoms with E-state index in [0.29, 0.717) is 5.84 Å². The highest BCUT2D eigenvalue weighted by molar-refractivity contribution is 7.15. The molecule has 0 unspecified atom stereocenters. The summed E-state index contributed by atoms with van der Waals surface area (Å²) in [6, 6.07) is 0. The van der Waals surface area contributed by atoms with Gasteiger partial charge in [-0.15, -0.1) is 11.3 Å². The average Bonchev–Trinajstić information content (AvgIpc) is 2.99. The minimum atomic E-state index is 0.215. The Morgan fingerprint density at radius 1 is 1.53 bits per heavy atom. The Labute approximate surface area is 115 Å². The van der Waals surface area contributed by atoms with Crippen LogP contribution in [0, 0.1) is 5.92 Å². The van der Waals surface area contributed by atoms with Gasteiger partial charge in [0, 0.05) is 30.2 Å².